The van der Waals surface area contributed by atoms with Gasteiger partial charge >= 0.3 is 5.63 Å². The molecule has 5 heteroatoms. The highest BCUT2D eigenvalue weighted by Gasteiger charge is 2.42. The Morgan fingerprint density at radius 3 is 2.68 bits per heavy atom. The van der Waals surface area contributed by atoms with Crippen LogP contribution in [0.2, 0.25) is 0 Å². The van der Waals surface area contributed by atoms with E-state index in [9.17, 15) is 15.0 Å². The molecule has 0 amide bonds. The molecule has 1 aromatic heterocycles. The number of fused-ring (bicyclic) bond motifs is 2. The van der Waals surface area contributed by atoms with Crippen LogP contribution in [0.25, 0.3) is 11.0 Å². The second-order valence-corrected chi connectivity index (χ2v) is 5.28. The third kappa shape index (κ3) is 1.82. The lowest BCUT2D eigenvalue weighted by molar-refractivity contribution is -0.111. The lowest BCUT2D eigenvalue weighted by Gasteiger charge is -2.40. The first-order valence-corrected chi connectivity index (χ1v) is 6.01. The van der Waals surface area contributed by atoms with Gasteiger partial charge in [0.2, 0.25) is 0 Å². The minimum atomic E-state index is -1.03. The van der Waals surface area contributed by atoms with Gasteiger partial charge in [-0.05, 0) is 26.0 Å². The van der Waals surface area contributed by atoms with Gasteiger partial charge in [-0.15, -0.1) is 0 Å². The van der Waals surface area contributed by atoms with E-state index in [2.05, 4.69) is 0 Å². The van der Waals surface area contributed by atoms with Crippen LogP contribution in [0.15, 0.2) is 33.5 Å². The molecule has 3 rings (SSSR count). The normalized spacial score (nSPS) is 24.8. The van der Waals surface area contributed by atoms with Gasteiger partial charge < -0.3 is 19.4 Å². The number of aliphatic hydroxyl groups is 2. The van der Waals surface area contributed by atoms with Crippen LogP contribution >= 0.6 is 0 Å². The second kappa shape index (κ2) is 3.82. The van der Waals surface area contributed by atoms with Crippen molar-refractivity contribution in [3.63, 3.8) is 0 Å². The maximum absolute atomic E-state index is 11.2. The van der Waals surface area contributed by atoms with Crippen LogP contribution in [-0.2, 0) is 0 Å². The predicted molar refractivity (Wildman–Crippen MR) is 68.2 cm³/mol. The Morgan fingerprint density at radius 2 is 1.95 bits per heavy atom. The molecule has 2 N–H and O–H groups in total. The van der Waals surface area contributed by atoms with Crippen molar-refractivity contribution in [3.05, 3.63) is 40.2 Å². The smallest absolute Gasteiger partial charge is 0.336 e. The van der Waals surface area contributed by atoms with Crippen molar-refractivity contribution in [1.82, 2.24) is 0 Å². The van der Waals surface area contributed by atoms with Crippen molar-refractivity contribution in [2.45, 2.75) is 31.7 Å². The van der Waals surface area contributed by atoms with Crippen LogP contribution in [0.4, 0.5) is 0 Å². The summed E-state index contributed by atoms with van der Waals surface area (Å²) >= 11 is 0. The molecule has 0 unspecified atom stereocenters. The summed E-state index contributed by atoms with van der Waals surface area (Å²) in [5, 5.41) is 20.9. The lowest BCUT2D eigenvalue weighted by Crippen LogP contribution is -2.48. The third-order valence-electron chi connectivity index (χ3n) is 3.45. The highest BCUT2D eigenvalue weighted by atomic mass is 16.5. The number of hydrogen-bond acceptors (Lipinski definition) is 5. The van der Waals surface area contributed by atoms with E-state index < -0.39 is 23.4 Å². The van der Waals surface area contributed by atoms with Crippen LogP contribution in [0.1, 0.15) is 25.5 Å². The maximum atomic E-state index is 11.2. The molecule has 1 aromatic carbocycles. The van der Waals surface area contributed by atoms with Crippen LogP contribution < -0.4 is 10.4 Å². The Kier molecular flexibility index (Phi) is 2.45. The number of rotatable bonds is 0. The zero-order chi connectivity index (χ0) is 13.8. The number of aliphatic hydroxyl groups excluding tert-OH is 2. The van der Waals surface area contributed by atoms with Gasteiger partial charge in [-0.2, -0.15) is 0 Å². The van der Waals surface area contributed by atoms with Crippen molar-refractivity contribution in [3.8, 4) is 5.75 Å². The van der Waals surface area contributed by atoms with E-state index in [4.69, 9.17) is 9.15 Å². The average molecular weight is 262 g/mol. The summed E-state index contributed by atoms with van der Waals surface area (Å²) in [6, 6.07) is 6.16. The predicted octanol–water partition coefficient (Wildman–Crippen LogP) is 1.36. The van der Waals surface area contributed by atoms with Crippen molar-refractivity contribution >= 4 is 11.0 Å². The molecule has 0 saturated heterocycles. The number of hydrogen-bond donors (Lipinski definition) is 2. The van der Waals surface area contributed by atoms with E-state index in [0.29, 0.717) is 22.3 Å². The number of ether oxygens (including phenoxy) is 1. The van der Waals surface area contributed by atoms with Crippen molar-refractivity contribution in [1.29, 1.82) is 0 Å². The van der Waals surface area contributed by atoms with Gasteiger partial charge in [-0.3, -0.25) is 0 Å². The van der Waals surface area contributed by atoms with E-state index in [1.807, 2.05) is 0 Å². The summed E-state index contributed by atoms with van der Waals surface area (Å²) in [4.78, 5) is 11.2. The molecule has 2 heterocycles. The summed E-state index contributed by atoms with van der Waals surface area (Å²) in [5.41, 5.74) is -0.461. The molecule has 0 saturated carbocycles. The summed E-state index contributed by atoms with van der Waals surface area (Å²) in [5.74, 6) is 0.421. The first-order valence-electron chi connectivity index (χ1n) is 6.01. The zero-order valence-electron chi connectivity index (χ0n) is 10.6. The average Bonchev–Trinajstić information content (AvgIpc) is 2.34. The minimum absolute atomic E-state index is 0.394. The fourth-order valence-electron chi connectivity index (χ4n) is 2.33. The molecular formula is C14H14O5. The Morgan fingerprint density at radius 1 is 1.21 bits per heavy atom. The molecule has 0 fully saturated rings. The van der Waals surface area contributed by atoms with E-state index in [-0.39, 0.29) is 0 Å². The Labute approximate surface area is 109 Å². The zero-order valence-corrected chi connectivity index (χ0v) is 10.6. The van der Waals surface area contributed by atoms with Gasteiger partial charge in [0, 0.05) is 23.1 Å². The molecule has 5 nitrogen and oxygen atoms in total. The monoisotopic (exact) mass is 262 g/mol. The summed E-state index contributed by atoms with van der Waals surface area (Å²) < 4.78 is 10.8. The summed E-state index contributed by atoms with van der Waals surface area (Å²) in [6.07, 6.45) is -2.05. The topological polar surface area (TPSA) is 79.9 Å². The number of benzene rings is 1. The van der Waals surface area contributed by atoms with Crippen LogP contribution in [0.3, 0.4) is 0 Å². The van der Waals surface area contributed by atoms with E-state index in [1.54, 1.807) is 32.0 Å². The van der Waals surface area contributed by atoms with E-state index >= 15 is 0 Å². The Bertz CT molecular complexity index is 701. The molecule has 0 spiro atoms. The molecule has 100 valence electrons. The van der Waals surface area contributed by atoms with E-state index in [0.717, 1.165) is 0 Å². The second-order valence-electron chi connectivity index (χ2n) is 5.28. The molecule has 1 aliphatic rings. The van der Waals surface area contributed by atoms with Gasteiger partial charge in [0.25, 0.3) is 0 Å². The highest BCUT2D eigenvalue weighted by Crippen LogP contribution is 2.41. The SMILES string of the molecule is CC1(C)Oc2cc3oc(=O)ccc3cc2[C@H](O)[C@H]1O. The summed E-state index contributed by atoms with van der Waals surface area (Å²) in [7, 11) is 0. The molecule has 0 aliphatic carbocycles. The maximum Gasteiger partial charge on any atom is 0.336 e. The minimum Gasteiger partial charge on any atom is -0.485 e. The highest BCUT2D eigenvalue weighted by molar-refractivity contribution is 5.79. The third-order valence-corrected chi connectivity index (χ3v) is 3.45. The van der Waals surface area contributed by atoms with Crippen molar-refractivity contribution in [2.24, 2.45) is 0 Å². The molecule has 0 bridgehead atoms. The van der Waals surface area contributed by atoms with Crippen LogP contribution in [-0.4, -0.2) is 21.9 Å². The first kappa shape index (κ1) is 12.2. The Hall–Kier alpha value is -1.85. The van der Waals surface area contributed by atoms with Gasteiger partial charge in [-0.1, -0.05) is 0 Å². The molecule has 0 radical (unpaired) electrons. The van der Waals surface area contributed by atoms with Crippen molar-refractivity contribution in [2.75, 3.05) is 0 Å². The van der Waals surface area contributed by atoms with Gasteiger partial charge in [0.05, 0.1) is 0 Å². The largest absolute Gasteiger partial charge is 0.485 e. The molecule has 2 atom stereocenters. The molecule has 1 aliphatic heterocycles. The quantitative estimate of drug-likeness (QED) is 0.701. The van der Waals surface area contributed by atoms with Gasteiger partial charge in [0.15, 0.2) is 0 Å². The first-order chi connectivity index (χ1) is 8.88. The van der Waals surface area contributed by atoms with E-state index in [1.165, 1.54) is 6.07 Å². The van der Waals surface area contributed by atoms with Gasteiger partial charge in [0.1, 0.15) is 29.1 Å². The van der Waals surface area contributed by atoms with Crippen LogP contribution in [0.5, 0.6) is 5.75 Å². The molecule has 2 aromatic rings. The fourth-order valence-corrected chi connectivity index (χ4v) is 2.33. The van der Waals surface area contributed by atoms with Crippen LogP contribution in [0, 0.1) is 0 Å². The van der Waals surface area contributed by atoms with Crippen molar-refractivity contribution < 1.29 is 19.4 Å². The standard InChI is InChI=1S/C14H14O5/c1-14(2)13(17)12(16)8-5-7-3-4-11(15)18-9(7)6-10(8)19-14/h3-6,12-13,16-17H,1-2H3/t12-,13+/m0/s1. The summed E-state index contributed by atoms with van der Waals surface area (Å²) in [6.45, 7) is 3.38. The fraction of sp³-hybridized carbons (Fsp3) is 0.357. The molecule has 19 heavy (non-hydrogen) atoms. The van der Waals surface area contributed by atoms with Gasteiger partial charge in [-0.25, -0.2) is 4.79 Å². The molecular weight excluding hydrogens is 248 g/mol. The lowest BCUT2D eigenvalue weighted by atomic mass is 9.88. The Balaban J connectivity index is 2.25.